The first-order valence-electron chi connectivity index (χ1n) is 11.5. The summed E-state index contributed by atoms with van der Waals surface area (Å²) < 4.78 is 2.02. The van der Waals surface area contributed by atoms with Crippen molar-refractivity contribution in [2.75, 3.05) is 20.1 Å². The summed E-state index contributed by atoms with van der Waals surface area (Å²) in [5.41, 5.74) is 5.85. The number of halogens is 1. The molecule has 2 heterocycles. The summed E-state index contributed by atoms with van der Waals surface area (Å²) in [6.07, 6.45) is 2.24. The van der Waals surface area contributed by atoms with Gasteiger partial charge in [0.15, 0.2) is 5.96 Å². The summed E-state index contributed by atoms with van der Waals surface area (Å²) in [6.45, 7) is 8.05. The summed E-state index contributed by atoms with van der Waals surface area (Å²) in [7, 11) is 1.84. The predicted octanol–water partition coefficient (Wildman–Crippen LogP) is 4.44. The fourth-order valence-corrected chi connectivity index (χ4v) is 4.38. The Morgan fingerprint density at radius 3 is 2.39 bits per heavy atom. The zero-order valence-electron chi connectivity index (χ0n) is 19.8. The standard InChI is InChI=1S/C26H34N6.HI/c1-20-17-21(2)32(30-20)25-12-8-7-11-23(25)18-28-26(27-3)29-24-13-15-31(16-14-24)19-22-9-5-4-6-10-22;/h4-12,17,24H,13-16,18-19H2,1-3H3,(H2,27,28,29);1H. The molecular formula is C26H35IN6. The summed E-state index contributed by atoms with van der Waals surface area (Å²) in [6, 6.07) is 21.7. The topological polar surface area (TPSA) is 57.5 Å². The van der Waals surface area contributed by atoms with Gasteiger partial charge in [0.25, 0.3) is 0 Å². The Balaban J connectivity index is 0.00000306. The van der Waals surface area contributed by atoms with Crippen LogP contribution in [0.3, 0.4) is 0 Å². The molecule has 1 aliphatic heterocycles. The maximum Gasteiger partial charge on any atom is 0.191 e. The zero-order valence-corrected chi connectivity index (χ0v) is 22.1. The highest BCUT2D eigenvalue weighted by atomic mass is 127. The van der Waals surface area contributed by atoms with Crippen LogP contribution in [0.5, 0.6) is 0 Å². The van der Waals surface area contributed by atoms with Gasteiger partial charge in [-0.15, -0.1) is 24.0 Å². The van der Waals surface area contributed by atoms with Gasteiger partial charge in [0, 0.05) is 45.0 Å². The Hall–Kier alpha value is -2.39. The fourth-order valence-electron chi connectivity index (χ4n) is 4.38. The molecule has 0 atom stereocenters. The Bertz CT molecular complexity index is 1040. The van der Waals surface area contributed by atoms with Crippen LogP contribution in [-0.4, -0.2) is 46.8 Å². The number of aryl methyl sites for hydroxylation is 2. The molecular weight excluding hydrogens is 523 g/mol. The molecule has 176 valence electrons. The molecule has 0 bridgehead atoms. The number of nitrogens with one attached hydrogen (secondary N) is 2. The molecule has 1 aliphatic rings. The highest BCUT2D eigenvalue weighted by Gasteiger charge is 2.20. The molecule has 4 rings (SSSR count). The number of guanidine groups is 1. The van der Waals surface area contributed by atoms with Gasteiger partial charge in [0.05, 0.1) is 11.4 Å². The fraction of sp³-hybridized carbons (Fsp3) is 0.385. The molecule has 3 aromatic rings. The van der Waals surface area contributed by atoms with Gasteiger partial charge in [0.2, 0.25) is 0 Å². The van der Waals surface area contributed by atoms with Crippen molar-refractivity contribution in [2.24, 2.45) is 4.99 Å². The molecule has 1 saturated heterocycles. The van der Waals surface area contributed by atoms with E-state index < -0.39 is 0 Å². The number of benzene rings is 2. The van der Waals surface area contributed by atoms with Gasteiger partial charge in [-0.25, -0.2) is 4.68 Å². The van der Waals surface area contributed by atoms with Gasteiger partial charge in [-0.2, -0.15) is 5.10 Å². The zero-order chi connectivity index (χ0) is 22.3. The van der Waals surface area contributed by atoms with E-state index in [1.54, 1.807) is 0 Å². The van der Waals surface area contributed by atoms with Gasteiger partial charge in [-0.3, -0.25) is 9.89 Å². The number of hydrogen-bond acceptors (Lipinski definition) is 3. The van der Waals surface area contributed by atoms with Crippen molar-refractivity contribution in [3.05, 3.63) is 83.2 Å². The largest absolute Gasteiger partial charge is 0.354 e. The molecule has 6 nitrogen and oxygen atoms in total. The average Bonchev–Trinajstić information content (AvgIpc) is 3.16. The molecule has 0 amide bonds. The van der Waals surface area contributed by atoms with E-state index in [0.29, 0.717) is 12.6 Å². The number of aliphatic imine (C=N–C) groups is 1. The normalized spacial score (nSPS) is 15.2. The van der Waals surface area contributed by atoms with Crippen molar-refractivity contribution in [3.63, 3.8) is 0 Å². The van der Waals surface area contributed by atoms with E-state index in [-0.39, 0.29) is 24.0 Å². The number of nitrogens with zero attached hydrogens (tertiary/aromatic N) is 4. The lowest BCUT2D eigenvalue weighted by atomic mass is 10.0. The van der Waals surface area contributed by atoms with Crippen LogP contribution in [0.2, 0.25) is 0 Å². The summed E-state index contributed by atoms with van der Waals surface area (Å²) in [5, 5.41) is 11.8. The number of hydrogen-bond donors (Lipinski definition) is 2. The van der Waals surface area contributed by atoms with Crippen molar-refractivity contribution in [1.29, 1.82) is 0 Å². The lowest BCUT2D eigenvalue weighted by Crippen LogP contribution is -2.48. The van der Waals surface area contributed by atoms with Gasteiger partial charge in [-0.05, 0) is 49.9 Å². The summed E-state index contributed by atoms with van der Waals surface area (Å²) in [4.78, 5) is 7.00. The molecule has 2 N–H and O–H groups in total. The molecule has 0 unspecified atom stereocenters. The number of rotatable bonds is 6. The second-order valence-electron chi connectivity index (χ2n) is 8.57. The van der Waals surface area contributed by atoms with E-state index in [0.717, 1.165) is 55.5 Å². The maximum atomic E-state index is 4.66. The van der Waals surface area contributed by atoms with E-state index >= 15 is 0 Å². The van der Waals surface area contributed by atoms with Crippen LogP contribution in [0, 0.1) is 13.8 Å². The molecule has 1 aromatic heterocycles. The van der Waals surface area contributed by atoms with Gasteiger partial charge in [-0.1, -0.05) is 48.5 Å². The molecule has 0 saturated carbocycles. The first-order valence-corrected chi connectivity index (χ1v) is 11.5. The highest BCUT2D eigenvalue weighted by molar-refractivity contribution is 14.0. The van der Waals surface area contributed by atoms with Crippen LogP contribution in [0.1, 0.15) is 35.4 Å². The molecule has 33 heavy (non-hydrogen) atoms. The van der Waals surface area contributed by atoms with E-state index in [2.05, 4.69) is 93.2 Å². The van der Waals surface area contributed by atoms with Crippen molar-refractivity contribution in [2.45, 2.75) is 45.8 Å². The van der Waals surface area contributed by atoms with Crippen LogP contribution in [0.25, 0.3) is 5.69 Å². The SMILES string of the molecule is CN=C(NCc1ccccc1-n1nc(C)cc1C)NC1CCN(Cc2ccccc2)CC1.I. The number of para-hydroxylation sites is 1. The molecule has 0 radical (unpaired) electrons. The molecule has 1 fully saturated rings. The van der Waals surface area contributed by atoms with Crippen molar-refractivity contribution < 1.29 is 0 Å². The quantitative estimate of drug-likeness (QED) is 0.267. The maximum absolute atomic E-state index is 4.66. The Morgan fingerprint density at radius 1 is 1.03 bits per heavy atom. The van der Waals surface area contributed by atoms with Crippen LogP contribution >= 0.6 is 24.0 Å². The van der Waals surface area contributed by atoms with E-state index in [1.165, 1.54) is 11.1 Å². The second-order valence-corrected chi connectivity index (χ2v) is 8.57. The minimum Gasteiger partial charge on any atom is -0.354 e. The minimum atomic E-state index is 0. The van der Waals surface area contributed by atoms with Crippen LogP contribution in [0.4, 0.5) is 0 Å². The van der Waals surface area contributed by atoms with E-state index in [9.17, 15) is 0 Å². The Labute approximate surface area is 214 Å². The van der Waals surface area contributed by atoms with E-state index in [1.807, 2.05) is 18.7 Å². The smallest absolute Gasteiger partial charge is 0.191 e. The van der Waals surface area contributed by atoms with E-state index in [4.69, 9.17) is 0 Å². The van der Waals surface area contributed by atoms with Crippen LogP contribution in [0.15, 0.2) is 65.7 Å². The first-order chi connectivity index (χ1) is 15.6. The van der Waals surface area contributed by atoms with Crippen molar-refractivity contribution >= 4 is 29.9 Å². The summed E-state index contributed by atoms with van der Waals surface area (Å²) in [5.74, 6) is 0.856. The lowest BCUT2D eigenvalue weighted by molar-refractivity contribution is 0.198. The van der Waals surface area contributed by atoms with Crippen LogP contribution in [-0.2, 0) is 13.1 Å². The van der Waals surface area contributed by atoms with Gasteiger partial charge < -0.3 is 10.6 Å². The Morgan fingerprint density at radius 2 is 1.73 bits per heavy atom. The van der Waals surface area contributed by atoms with Crippen LogP contribution < -0.4 is 10.6 Å². The van der Waals surface area contributed by atoms with Crippen molar-refractivity contribution in [1.82, 2.24) is 25.3 Å². The number of likely N-dealkylation sites (tertiary alicyclic amines) is 1. The Kier molecular flexibility index (Phi) is 9.31. The predicted molar refractivity (Wildman–Crippen MR) is 147 cm³/mol. The van der Waals surface area contributed by atoms with Gasteiger partial charge in [0.1, 0.15) is 0 Å². The number of piperidine rings is 1. The van der Waals surface area contributed by atoms with Crippen molar-refractivity contribution in [3.8, 4) is 5.69 Å². The number of aromatic nitrogens is 2. The van der Waals surface area contributed by atoms with Gasteiger partial charge >= 0.3 is 0 Å². The molecule has 2 aromatic carbocycles. The minimum absolute atomic E-state index is 0. The third-order valence-corrected chi connectivity index (χ3v) is 6.08. The monoisotopic (exact) mass is 558 g/mol. The molecule has 7 heteroatoms. The first kappa shape index (κ1) is 25.2. The third-order valence-electron chi connectivity index (χ3n) is 6.08. The summed E-state index contributed by atoms with van der Waals surface area (Å²) >= 11 is 0. The lowest BCUT2D eigenvalue weighted by Gasteiger charge is -2.33. The second kappa shape index (κ2) is 12.2. The average molecular weight is 559 g/mol. The highest BCUT2D eigenvalue weighted by Crippen LogP contribution is 2.17. The third kappa shape index (κ3) is 6.80. The molecule has 0 aliphatic carbocycles. The molecule has 0 spiro atoms.